The molecule has 0 spiro atoms. The highest BCUT2D eigenvalue weighted by Gasteiger charge is 2.18. The van der Waals surface area contributed by atoms with Crippen LogP contribution in [0.5, 0.6) is 0 Å². The van der Waals surface area contributed by atoms with Gasteiger partial charge >= 0.3 is 0 Å². The van der Waals surface area contributed by atoms with Crippen LogP contribution < -0.4 is 5.73 Å². The molecule has 1 saturated carbocycles. The Kier molecular flexibility index (Phi) is 4.45. The number of nitrogens with two attached hydrogens (primary N) is 1. The summed E-state index contributed by atoms with van der Waals surface area (Å²) in [6.07, 6.45) is 11.4. The molecule has 2 rings (SSSR count). The summed E-state index contributed by atoms with van der Waals surface area (Å²) >= 11 is 0. The molecule has 0 aromatic heterocycles. The Bertz CT molecular complexity index is 175. The zero-order valence-corrected chi connectivity index (χ0v) is 9.96. The van der Waals surface area contributed by atoms with Crippen LogP contribution in [0.15, 0.2) is 0 Å². The highest BCUT2D eigenvalue weighted by atomic mass is 15.1. The Morgan fingerprint density at radius 1 is 1.07 bits per heavy atom. The van der Waals surface area contributed by atoms with E-state index in [0.29, 0.717) is 6.04 Å². The summed E-state index contributed by atoms with van der Waals surface area (Å²) in [7, 11) is 0. The molecule has 15 heavy (non-hydrogen) atoms. The molecule has 0 radical (unpaired) electrons. The Labute approximate surface area is 94.2 Å². The fraction of sp³-hybridized carbons (Fsp3) is 1.00. The van der Waals surface area contributed by atoms with Crippen LogP contribution in [0.2, 0.25) is 0 Å². The van der Waals surface area contributed by atoms with E-state index in [9.17, 15) is 0 Å². The SMILES string of the molecule is N[C@H]1CCCN(CCCC2CCCC2)C1. The molecule has 2 nitrogen and oxygen atoms in total. The highest BCUT2D eigenvalue weighted by molar-refractivity contribution is 4.75. The average Bonchev–Trinajstić information content (AvgIpc) is 2.71. The van der Waals surface area contributed by atoms with Crippen molar-refractivity contribution in [2.24, 2.45) is 11.7 Å². The van der Waals surface area contributed by atoms with E-state index in [2.05, 4.69) is 4.90 Å². The number of nitrogens with zero attached hydrogens (tertiary/aromatic N) is 1. The van der Waals surface area contributed by atoms with Gasteiger partial charge in [-0.1, -0.05) is 25.7 Å². The minimum atomic E-state index is 0.449. The van der Waals surface area contributed by atoms with Gasteiger partial charge in [0.2, 0.25) is 0 Å². The van der Waals surface area contributed by atoms with E-state index in [4.69, 9.17) is 5.73 Å². The van der Waals surface area contributed by atoms with Crippen LogP contribution >= 0.6 is 0 Å². The maximum Gasteiger partial charge on any atom is 0.0168 e. The van der Waals surface area contributed by atoms with Crippen LogP contribution in [0, 0.1) is 5.92 Å². The fourth-order valence-corrected chi connectivity index (χ4v) is 3.20. The summed E-state index contributed by atoms with van der Waals surface area (Å²) in [6, 6.07) is 0.449. The minimum Gasteiger partial charge on any atom is -0.327 e. The Morgan fingerprint density at radius 3 is 2.60 bits per heavy atom. The standard InChI is InChI=1S/C13H26N2/c14-13-8-4-10-15(11-13)9-3-7-12-5-1-2-6-12/h12-13H,1-11,14H2/t13-/m0/s1. The van der Waals surface area contributed by atoms with Crippen molar-refractivity contribution in [2.75, 3.05) is 19.6 Å². The molecule has 1 saturated heterocycles. The molecule has 2 aliphatic rings. The van der Waals surface area contributed by atoms with Crippen molar-refractivity contribution in [1.29, 1.82) is 0 Å². The molecule has 1 aliphatic carbocycles. The fourth-order valence-electron chi connectivity index (χ4n) is 3.20. The number of hydrogen-bond acceptors (Lipinski definition) is 2. The number of hydrogen-bond donors (Lipinski definition) is 1. The second-order valence-corrected chi connectivity index (χ2v) is 5.50. The van der Waals surface area contributed by atoms with E-state index in [1.807, 2.05) is 0 Å². The van der Waals surface area contributed by atoms with Crippen molar-refractivity contribution in [3.63, 3.8) is 0 Å². The van der Waals surface area contributed by atoms with Gasteiger partial charge in [-0.25, -0.2) is 0 Å². The zero-order chi connectivity index (χ0) is 10.5. The summed E-state index contributed by atoms with van der Waals surface area (Å²) in [5.74, 6) is 1.06. The van der Waals surface area contributed by atoms with Gasteiger partial charge < -0.3 is 10.6 Å². The quantitative estimate of drug-likeness (QED) is 0.772. The van der Waals surface area contributed by atoms with Gasteiger partial charge in [-0.15, -0.1) is 0 Å². The molecule has 1 heterocycles. The number of likely N-dealkylation sites (tertiary alicyclic amines) is 1. The van der Waals surface area contributed by atoms with Crippen LogP contribution in [0.3, 0.4) is 0 Å². The highest BCUT2D eigenvalue weighted by Crippen LogP contribution is 2.28. The lowest BCUT2D eigenvalue weighted by atomic mass is 10.0. The van der Waals surface area contributed by atoms with Crippen molar-refractivity contribution in [3.8, 4) is 0 Å². The summed E-state index contributed by atoms with van der Waals surface area (Å²) in [5, 5.41) is 0. The van der Waals surface area contributed by atoms with Crippen molar-refractivity contribution >= 4 is 0 Å². The van der Waals surface area contributed by atoms with Gasteiger partial charge in [0.25, 0.3) is 0 Å². The van der Waals surface area contributed by atoms with E-state index in [1.54, 1.807) is 0 Å². The van der Waals surface area contributed by atoms with Crippen LogP contribution in [0.1, 0.15) is 51.4 Å². The van der Waals surface area contributed by atoms with Crippen LogP contribution in [0.4, 0.5) is 0 Å². The summed E-state index contributed by atoms with van der Waals surface area (Å²) in [6.45, 7) is 3.73. The van der Waals surface area contributed by atoms with Crippen LogP contribution in [-0.2, 0) is 0 Å². The third-order valence-corrected chi connectivity index (χ3v) is 4.10. The molecule has 2 fully saturated rings. The first kappa shape index (κ1) is 11.4. The van der Waals surface area contributed by atoms with Crippen molar-refractivity contribution in [1.82, 2.24) is 4.90 Å². The molecule has 0 unspecified atom stereocenters. The van der Waals surface area contributed by atoms with Gasteiger partial charge in [-0.2, -0.15) is 0 Å². The van der Waals surface area contributed by atoms with E-state index >= 15 is 0 Å². The summed E-state index contributed by atoms with van der Waals surface area (Å²) in [5.41, 5.74) is 5.98. The molecule has 0 amide bonds. The molecule has 1 aliphatic heterocycles. The molecule has 1 atom stereocenters. The molecule has 0 aromatic carbocycles. The van der Waals surface area contributed by atoms with E-state index in [0.717, 1.165) is 12.5 Å². The van der Waals surface area contributed by atoms with E-state index < -0.39 is 0 Å². The summed E-state index contributed by atoms with van der Waals surface area (Å²) < 4.78 is 0. The van der Waals surface area contributed by atoms with Gasteiger partial charge in [-0.3, -0.25) is 0 Å². The van der Waals surface area contributed by atoms with Crippen molar-refractivity contribution < 1.29 is 0 Å². The Hall–Kier alpha value is -0.0800. The minimum absolute atomic E-state index is 0.449. The van der Waals surface area contributed by atoms with Crippen LogP contribution in [0.25, 0.3) is 0 Å². The van der Waals surface area contributed by atoms with Crippen LogP contribution in [-0.4, -0.2) is 30.6 Å². The van der Waals surface area contributed by atoms with Gasteiger partial charge in [0.15, 0.2) is 0 Å². The Morgan fingerprint density at radius 2 is 1.87 bits per heavy atom. The number of piperidine rings is 1. The first-order valence-corrected chi connectivity index (χ1v) is 6.82. The van der Waals surface area contributed by atoms with E-state index in [1.165, 1.54) is 64.5 Å². The van der Waals surface area contributed by atoms with Gasteiger partial charge in [0.1, 0.15) is 0 Å². The smallest absolute Gasteiger partial charge is 0.0168 e. The second kappa shape index (κ2) is 5.86. The normalized spacial score (nSPS) is 29.8. The molecule has 2 N–H and O–H groups in total. The molecular formula is C13H26N2. The van der Waals surface area contributed by atoms with Gasteiger partial charge in [-0.05, 0) is 44.7 Å². The largest absolute Gasteiger partial charge is 0.327 e. The average molecular weight is 210 g/mol. The van der Waals surface area contributed by atoms with E-state index in [-0.39, 0.29) is 0 Å². The predicted molar refractivity (Wildman–Crippen MR) is 64.8 cm³/mol. The molecule has 0 aromatic rings. The Balaban J connectivity index is 1.56. The third-order valence-electron chi connectivity index (χ3n) is 4.10. The molecule has 88 valence electrons. The predicted octanol–water partition coefficient (Wildman–Crippen LogP) is 2.38. The van der Waals surface area contributed by atoms with Crippen molar-refractivity contribution in [2.45, 2.75) is 57.4 Å². The van der Waals surface area contributed by atoms with Gasteiger partial charge in [0, 0.05) is 12.6 Å². The molecule has 2 heteroatoms. The third kappa shape index (κ3) is 3.76. The zero-order valence-electron chi connectivity index (χ0n) is 9.96. The maximum atomic E-state index is 5.98. The van der Waals surface area contributed by atoms with Crippen molar-refractivity contribution in [3.05, 3.63) is 0 Å². The first-order valence-electron chi connectivity index (χ1n) is 6.82. The maximum absolute atomic E-state index is 5.98. The first-order chi connectivity index (χ1) is 7.34. The topological polar surface area (TPSA) is 29.3 Å². The lowest BCUT2D eigenvalue weighted by Gasteiger charge is -2.30. The molecular weight excluding hydrogens is 184 g/mol. The monoisotopic (exact) mass is 210 g/mol. The van der Waals surface area contributed by atoms with Gasteiger partial charge in [0.05, 0.1) is 0 Å². The number of rotatable bonds is 4. The lowest BCUT2D eigenvalue weighted by Crippen LogP contribution is -2.43. The second-order valence-electron chi connectivity index (χ2n) is 5.50. The molecule has 0 bridgehead atoms. The summed E-state index contributed by atoms with van der Waals surface area (Å²) in [4.78, 5) is 2.57. The lowest BCUT2D eigenvalue weighted by molar-refractivity contribution is 0.202.